The third kappa shape index (κ3) is 5.36. The van der Waals surface area contributed by atoms with Crippen molar-refractivity contribution in [1.29, 1.82) is 0 Å². The van der Waals surface area contributed by atoms with Gasteiger partial charge in [0, 0.05) is 43.8 Å². The van der Waals surface area contributed by atoms with Crippen LogP contribution in [0.3, 0.4) is 0 Å². The van der Waals surface area contributed by atoms with Crippen LogP contribution in [0.5, 0.6) is 0 Å². The van der Waals surface area contributed by atoms with Gasteiger partial charge in [-0.25, -0.2) is 0 Å². The molecule has 8 atom stereocenters. The van der Waals surface area contributed by atoms with E-state index in [-0.39, 0.29) is 72.2 Å². The number of amides is 4. The number of rotatable bonds is 9. The predicted molar refractivity (Wildman–Crippen MR) is 172 cm³/mol. The van der Waals surface area contributed by atoms with Gasteiger partial charge in [-0.15, -0.1) is 6.58 Å². The van der Waals surface area contributed by atoms with Crippen molar-refractivity contribution in [3.63, 3.8) is 0 Å². The summed E-state index contributed by atoms with van der Waals surface area (Å²) in [7, 11) is 1.55. The third-order valence-electron chi connectivity index (χ3n) is 9.67. The first-order chi connectivity index (χ1) is 21.0. The summed E-state index contributed by atoms with van der Waals surface area (Å²) in [6, 6.07) is 9.94. The molecule has 0 radical (unpaired) electrons. The standard InChI is InChI=1S/C37H45N3O4/c1-7-24-28(19-21(2)3)26(31-30(24)34(41)39(6)35(31)42)15-16-27-29(20-22(4)5)25(14-13-23-11-9-8-10-12-23)32-33(27)37(44)40(18-17-38)36(32)43/h7-16,19-22,24-27,30-33H,1,17-18,38H2,2-6H3/b14-13?,16-15-,28-19?,29-20?/t24-,25+,26+,27-,30+,31-,32-,33+/m0/s1. The van der Waals surface area contributed by atoms with E-state index in [0.29, 0.717) is 0 Å². The summed E-state index contributed by atoms with van der Waals surface area (Å²) in [5.41, 5.74) is 8.92. The molecule has 232 valence electrons. The van der Waals surface area contributed by atoms with Gasteiger partial charge in [0.1, 0.15) is 0 Å². The number of imide groups is 2. The van der Waals surface area contributed by atoms with Crippen LogP contribution < -0.4 is 5.73 Å². The number of nitrogens with two attached hydrogens (primary N) is 1. The molecule has 0 spiro atoms. The van der Waals surface area contributed by atoms with Crippen LogP contribution in [-0.4, -0.2) is 53.6 Å². The van der Waals surface area contributed by atoms with E-state index in [4.69, 9.17) is 5.73 Å². The van der Waals surface area contributed by atoms with Gasteiger partial charge < -0.3 is 5.73 Å². The average molecular weight is 596 g/mol. The molecule has 0 unspecified atom stereocenters. The van der Waals surface area contributed by atoms with Crippen LogP contribution in [0.2, 0.25) is 0 Å². The summed E-state index contributed by atoms with van der Waals surface area (Å²) in [5.74, 6) is -3.55. The van der Waals surface area contributed by atoms with E-state index in [1.807, 2.05) is 42.5 Å². The van der Waals surface area contributed by atoms with E-state index in [1.165, 1.54) is 9.80 Å². The second-order valence-electron chi connectivity index (χ2n) is 13.3. The quantitative estimate of drug-likeness (QED) is 0.324. The number of carbonyl (C=O) groups excluding carboxylic acids is 4. The van der Waals surface area contributed by atoms with E-state index in [9.17, 15) is 19.2 Å². The SMILES string of the molecule is C=C[C@H]1C(=CC(C)C)[C@@H](/C=C\[C@H]2C(=CC(C)C)[C@@H](C=Cc3ccccc3)[C@@H]3C(=O)N(CCN)C(=O)[C@@H]32)[C@@H]2C(=O)N(C)C(=O)[C@@H]21. The Hall–Kier alpha value is -3.84. The van der Waals surface area contributed by atoms with E-state index < -0.39 is 23.7 Å². The fourth-order valence-electron chi connectivity index (χ4n) is 7.98. The highest BCUT2D eigenvalue weighted by Crippen LogP contribution is 2.55. The summed E-state index contributed by atoms with van der Waals surface area (Å²) in [6.45, 7) is 12.8. The maximum Gasteiger partial charge on any atom is 0.234 e. The summed E-state index contributed by atoms with van der Waals surface area (Å²) < 4.78 is 0. The smallest absolute Gasteiger partial charge is 0.234 e. The predicted octanol–water partition coefficient (Wildman–Crippen LogP) is 4.89. The van der Waals surface area contributed by atoms with E-state index in [1.54, 1.807) is 13.1 Å². The van der Waals surface area contributed by atoms with Crippen molar-refractivity contribution in [2.75, 3.05) is 20.1 Å². The highest BCUT2D eigenvalue weighted by Gasteiger charge is 2.60. The molecule has 7 nitrogen and oxygen atoms in total. The van der Waals surface area contributed by atoms with Crippen molar-refractivity contribution in [1.82, 2.24) is 9.80 Å². The van der Waals surface area contributed by atoms with E-state index in [0.717, 1.165) is 16.7 Å². The zero-order chi connectivity index (χ0) is 31.9. The molecule has 2 N–H and O–H groups in total. The van der Waals surface area contributed by atoms with Crippen LogP contribution in [0.4, 0.5) is 0 Å². The van der Waals surface area contributed by atoms with E-state index in [2.05, 4.69) is 58.6 Å². The minimum absolute atomic E-state index is 0.170. The van der Waals surface area contributed by atoms with Gasteiger partial charge in [0.25, 0.3) is 0 Å². The number of allylic oxidation sites excluding steroid dienone is 8. The minimum atomic E-state index is -0.561. The zero-order valence-electron chi connectivity index (χ0n) is 26.4. The van der Waals surface area contributed by atoms with Crippen molar-refractivity contribution in [3.05, 3.63) is 90.1 Å². The summed E-state index contributed by atoms with van der Waals surface area (Å²) in [6.07, 6.45) is 14.3. The molecule has 7 heteroatoms. The molecule has 4 aliphatic rings. The van der Waals surface area contributed by atoms with Crippen molar-refractivity contribution in [2.24, 2.45) is 64.9 Å². The first-order valence-electron chi connectivity index (χ1n) is 15.9. The Balaban J connectivity index is 1.62. The van der Waals surface area contributed by atoms with Gasteiger partial charge in [-0.1, -0.05) is 112 Å². The Morgan fingerprint density at radius 3 is 1.66 bits per heavy atom. The molecule has 2 saturated carbocycles. The van der Waals surface area contributed by atoms with Crippen molar-refractivity contribution < 1.29 is 19.2 Å². The molecule has 4 fully saturated rings. The highest BCUT2D eigenvalue weighted by atomic mass is 16.2. The fraction of sp³-hybridized carbons (Fsp3) is 0.459. The Bertz CT molecular complexity index is 1450. The normalized spacial score (nSPS) is 33.9. The Kier molecular flexibility index (Phi) is 9.07. The number of likely N-dealkylation sites (tertiary alicyclic amines) is 2. The molecule has 1 aromatic carbocycles. The zero-order valence-corrected chi connectivity index (χ0v) is 26.4. The highest BCUT2D eigenvalue weighted by molar-refractivity contribution is 6.07. The lowest BCUT2D eigenvalue weighted by Crippen LogP contribution is -2.37. The Morgan fingerprint density at radius 1 is 0.727 bits per heavy atom. The molecule has 44 heavy (non-hydrogen) atoms. The number of hydrogen-bond acceptors (Lipinski definition) is 5. The van der Waals surface area contributed by atoms with Crippen LogP contribution in [0, 0.1) is 59.2 Å². The molecule has 2 aliphatic heterocycles. The lowest BCUT2D eigenvalue weighted by atomic mass is 9.84. The number of carbonyl (C=O) groups is 4. The maximum absolute atomic E-state index is 13.9. The minimum Gasteiger partial charge on any atom is -0.329 e. The van der Waals surface area contributed by atoms with Crippen molar-refractivity contribution >= 4 is 29.7 Å². The molecular weight excluding hydrogens is 550 g/mol. The Labute approximate surface area is 261 Å². The molecule has 0 aromatic heterocycles. The first-order valence-corrected chi connectivity index (χ1v) is 15.9. The monoisotopic (exact) mass is 595 g/mol. The summed E-state index contributed by atoms with van der Waals surface area (Å²) >= 11 is 0. The van der Waals surface area contributed by atoms with Crippen LogP contribution in [0.25, 0.3) is 6.08 Å². The van der Waals surface area contributed by atoms with Gasteiger partial charge >= 0.3 is 0 Å². The van der Waals surface area contributed by atoms with Gasteiger partial charge in [-0.3, -0.25) is 29.0 Å². The lowest BCUT2D eigenvalue weighted by Gasteiger charge is -2.23. The molecule has 0 bridgehead atoms. The van der Waals surface area contributed by atoms with Crippen LogP contribution in [0.1, 0.15) is 33.3 Å². The van der Waals surface area contributed by atoms with Crippen LogP contribution in [-0.2, 0) is 19.2 Å². The van der Waals surface area contributed by atoms with Crippen LogP contribution in [0.15, 0.2) is 84.5 Å². The lowest BCUT2D eigenvalue weighted by molar-refractivity contribution is -0.141. The van der Waals surface area contributed by atoms with E-state index >= 15 is 0 Å². The van der Waals surface area contributed by atoms with Gasteiger partial charge in [-0.05, 0) is 17.4 Å². The average Bonchev–Trinajstić information content (AvgIpc) is 3.61. The first kappa shape index (κ1) is 31.6. The molecular formula is C37H45N3O4. The topological polar surface area (TPSA) is 101 Å². The molecule has 2 aliphatic carbocycles. The number of nitrogens with zero attached hydrogens (tertiary/aromatic N) is 2. The molecule has 4 amide bonds. The van der Waals surface area contributed by atoms with Crippen molar-refractivity contribution in [3.8, 4) is 0 Å². The summed E-state index contributed by atoms with van der Waals surface area (Å²) in [5, 5.41) is 0. The van der Waals surface area contributed by atoms with Gasteiger partial charge in [0.15, 0.2) is 0 Å². The Morgan fingerprint density at radius 2 is 1.18 bits per heavy atom. The second-order valence-corrected chi connectivity index (χ2v) is 13.3. The molecule has 5 rings (SSSR count). The van der Waals surface area contributed by atoms with Gasteiger partial charge in [0.05, 0.1) is 23.7 Å². The molecule has 2 heterocycles. The fourth-order valence-corrected chi connectivity index (χ4v) is 7.98. The number of hydrogen-bond donors (Lipinski definition) is 1. The third-order valence-corrected chi connectivity index (χ3v) is 9.67. The number of fused-ring (bicyclic) bond motifs is 2. The number of benzene rings is 1. The summed E-state index contributed by atoms with van der Waals surface area (Å²) in [4.78, 5) is 57.0. The van der Waals surface area contributed by atoms with Crippen LogP contribution >= 0.6 is 0 Å². The van der Waals surface area contributed by atoms with Gasteiger partial charge in [-0.2, -0.15) is 0 Å². The molecule has 1 aromatic rings. The second kappa shape index (κ2) is 12.6. The maximum atomic E-state index is 13.9. The van der Waals surface area contributed by atoms with Crippen molar-refractivity contribution in [2.45, 2.75) is 27.7 Å². The van der Waals surface area contributed by atoms with Gasteiger partial charge in [0.2, 0.25) is 23.6 Å². The largest absolute Gasteiger partial charge is 0.329 e. The molecule has 2 saturated heterocycles.